The fourth-order valence-electron chi connectivity index (χ4n) is 3.45. The summed E-state index contributed by atoms with van der Waals surface area (Å²) in [7, 11) is -3.96. The minimum atomic E-state index is -3.96. The summed E-state index contributed by atoms with van der Waals surface area (Å²) in [5, 5.41) is 3.14. The first-order valence-electron chi connectivity index (χ1n) is 10.4. The molecule has 0 saturated heterocycles. The van der Waals surface area contributed by atoms with Crippen LogP contribution in [0.4, 0.5) is 11.4 Å². The van der Waals surface area contributed by atoms with Crippen LogP contribution in [0.25, 0.3) is 0 Å². The second kappa shape index (κ2) is 9.33. The van der Waals surface area contributed by atoms with Crippen molar-refractivity contribution in [1.29, 1.82) is 0 Å². The third kappa shape index (κ3) is 4.91. The molecule has 0 fully saturated rings. The molecule has 9 heteroatoms. The number of benzene rings is 3. The van der Waals surface area contributed by atoms with Gasteiger partial charge in [0.25, 0.3) is 15.9 Å². The summed E-state index contributed by atoms with van der Waals surface area (Å²) in [4.78, 5) is 13.1. The molecule has 0 spiro atoms. The highest BCUT2D eigenvalue weighted by Gasteiger charge is 2.37. The highest BCUT2D eigenvalue weighted by molar-refractivity contribution is 7.92. The van der Waals surface area contributed by atoms with Crippen LogP contribution in [-0.4, -0.2) is 33.6 Å². The number of carbonyl (C=O) groups is 1. The average molecular weight is 487 g/mol. The highest BCUT2D eigenvalue weighted by atomic mass is 35.5. The Hall–Kier alpha value is -3.23. The lowest BCUT2D eigenvalue weighted by Gasteiger charge is -2.34. The summed E-state index contributed by atoms with van der Waals surface area (Å²) in [6, 6.07) is 18.1. The van der Waals surface area contributed by atoms with E-state index in [2.05, 4.69) is 5.32 Å². The Balaban J connectivity index is 1.63. The summed E-state index contributed by atoms with van der Waals surface area (Å²) < 4.78 is 39.4. The molecule has 172 valence electrons. The number of carbonyl (C=O) groups excluding carboxylic acids is 1. The van der Waals surface area contributed by atoms with Crippen molar-refractivity contribution in [3.05, 3.63) is 77.3 Å². The monoisotopic (exact) mass is 486 g/mol. The van der Waals surface area contributed by atoms with Crippen LogP contribution in [0.2, 0.25) is 5.02 Å². The highest BCUT2D eigenvalue weighted by Crippen LogP contribution is 2.39. The number of amides is 1. The first-order valence-corrected chi connectivity index (χ1v) is 12.2. The normalized spacial score (nSPS) is 15.4. The van der Waals surface area contributed by atoms with E-state index in [0.29, 0.717) is 23.1 Å². The van der Waals surface area contributed by atoms with Crippen molar-refractivity contribution in [2.45, 2.75) is 24.8 Å². The van der Waals surface area contributed by atoms with E-state index in [1.807, 2.05) is 13.8 Å². The van der Waals surface area contributed by atoms with Crippen LogP contribution in [0.5, 0.6) is 11.5 Å². The van der Waals surface area contributed by atoms with Crippen LogP contribution in [0.1, 0.15) is 12.5 Å². The number of aryl methyl sites for hydroxylation is 1. The minimum Gasteiger partial charge on any atom is -0.494 e. The van der Waals surface area contributed by atoms with Gasteiger partial charge in [-0.05, 0) is 68.4 Å². The van der Waals surface area contributed by atoms with E-state index in [-0.39, 0.29) is 22.9 Å². The van der Waals surface area contributed by atoms with Crippen LogP contribution >= 0.6 is 11.6 Å². The van der Waals surface area contributed by atoms with Gasteiger partial charge in [0.15, 0.2) is 6.10 Å². The van der Waals surface area contributed by atoms with Crippen molar-refractivity contribution < 1.29 is 22.7 Å². The average Bonchev–Trinajstić information content (AvgIpc) is 2.80. The number of sulfonamides is 1. The van der Waals surface area contributed by atoms with E-state index >= 15 is 0 Å². The molecule has 33 heavy (non-hydrogen) atoms. The number of fused-ring (bicyclic) bond motifs is 1. The number of rotatable bonds is 6. The fourth-order valence-corrected chi connectivity index (χ4v) is 5.08. The molecule has 0 saturated carbocycles. The first kappa shape index (κ1) is 22.9. The van der Waals surface area contributed by atoms with Gasteiger partial charge in [0, 0.05) is 10.7 Å². The zero-order valence-electron chi connectivity index (χ0n) is 18.1. The Morgan fingerprint density at radius 3 is 2.48 bits per heavy atom. The van der Waals surface area contributed by atoms with Gasteiger partial charge in [0.05, 0.1) is 23.7 Å². The quantitative estimate of drug-likeness (QED) is 0.548. The molecule has 1 heterocycles. The Kier molecular flexibility index (Phi) is 6.49. The molecule has 4 rings (SSSR count). The van der Waals surface area contributed by atoms with Gasteiger partial charge in [0.1, 0.15) is 11.5 Å². The van der Waals surface area contributed by atoms with E-state index < -0.39 is 22.0 Å². The largest absolute Gasteiger partial charge is 0.494 e. The van der Waals surface area contributed by atoms with Gasteiger partial charge >= 0.3 is 0 Å². The maximum Gasteiger partial charge on any atom is 0.267 e. The van der Waals surface area contributed by atoms with Crippen LogP contribution in [-0.2, 0) is 14.8 Å². The van der Waals surface area contributed by atoms with Crippen LogP contribution in [0.3, 0.4) is 0 Å². The Bertz CT molecular complexity index is 1260. The number of nitrogens with one attached hydrogen (secondary N) is 1. The Morgan fingerprint density at radius 1 is 1.12 bits per heavy atom. The van der Waals surface area contributed by atoms with Crippen molar-refractivity contribution in [2.24, 2.45) is 0 Å². The standard InChI is InChI=1S/C24H23ClN2O5S/c1-3-31-19-9-7-18(8-10-19)26-24(28)23-15-27(21-14-17(25)6-13-22(21)32-23)33(29,30)20-11-4-16(2)5-12-20/h4-14,23H,3,15H2,1-2H3,(H,26,28)/t23-/m1/s1. The Morgan fingerprint density at radius 2 is 1.82 bits per heavy atom. The number of ether oxygens (including phenoxy) is 2. The van der Waals surface area contributed by atoms with Crippen molar-refractivity contribution in [1.82, 2.24) is 0 Å². The van der Waals surface area contributed by atoms with E-state index in [0.717, 1.165) is 5.56 Å². The van der Waals surface area contributed by atoms with Gasteiger partial charge in [-0.15, -0.1) is 0 Å². The van der Waals surface area contributed by atoms with Crippen LogP contribution < -0.4 is 19.1 Å². The van der Waals surface area contributed by atoms with E-state index in [9.17, 15) is 13.2 Å². The second-order valence-corrected chi connectivity index (χ2v) is 9.81. The van der Waals surface area contributed by atoms with Gasteiger partial charge in [-0.25, -0.2) is 8.42 Å². The number of anilines is 2. The van der Waals surface area contributed by atoms with E-state index in [1.165, 1.54) is 10.4 Å². The summed E-state index contributed by atoms with van der Waals surface area (Å²) >= 11 is 6.13. The van der Waals surface area contributed by atoms with Gasteiger partial charge in [-0.2, -0.15) is 0 Å². The molecule has 1 aliphatic heterocycles. The zero-order chi connectivity index (χ0) is 23.6. The van der Waals surface area contributed by atoms with E-state index in [4.69, 9.17) is 21.1 Å². The molecule has 1 atom stereocenters. The third-order valence-corrected chi connectivity index (χ3v) is 7.15. The molecule has 1 N–H and O–H groups in total. The van der Waals surface area contributed by atoms with Gasteiger partial charge in [0.2, 0.25) is 0 Å². The zero-order valence-corrected chi connectivity index (χ0v) is 19.7. The molecular weight excluding hydrogens is 464 g/mol. The molecule has 7 nitrogen and oxygen atoms in total. The molecule has 0 aromatic heterocycles. The first-order chi connectivity index (χ1) is 15.8. The fraction of sp³-hybridized carbons (Fsp3) is 0.208. The van der Waals surface area contributed by atoms with Gasteiger partial charge in [-0.3, -0.25) is 9.10 Å². The predicted molar refractivity (Wildman–Crippen MR) is 128 cm³/mol. The number of hydrogen-bond acceptors (Lipinski definition) is 5. The lowest BCUT2D eigenvalue weighted by Crippen LogP contribution is -2.48. The summed E-state index contributed by atoms with van der Waals surface area (Å²) in [6.07, 6.45) is -1.06. The second-order valence-electron chi connectivity index (χ2n) is 7.51. The van der Waals surface area contributed by atoms with Crippen molar-refractivity contribution >= 4 is 38.9 Å². The van der Waals surface area contributed by atoms with Crippen molar-refractivity contribution in [2.75, 3.05) is 22.8 Å². The SMILES string of the molecule is CCOc1ccc(NC(=O)[C@H]2CN(S(=O)(=O)c3ccc(C)cc3)c3cc(Cl)ccc3O2)cc1. The maximum absolute atomic E-state index is 13.5. The molecule has 0 radical (unpaired) electrons. The number of hydrogen-bond donors (Lipinski definition) is 1. The molecule has 3 aromatic rings. The molecule has 0 bridgehead atoms. The molecule has 0 aliphatic carbocycles. The lowest BCUT2D eigenvalue weighted by molar-refractivity contribution is -0.122. The molecule has 1 amide bonds. The maximum atomic E-state index is 13.5. The topological polar surface area (TPSA) is 84.9 Å². The van der Waals surface area contributed by atoms with E-state index in [1.54, 1.807) is 60.7 Å². The van der Waals surface area contributed by atoms with Crippen LogP contribution in [0.15, 0.2) is 71.6 Å². The molecular formula is C24H23ClN2O5S. The predicted octanol–water partition coefficient (Wildman–Crippen LogP) is 4.64. The van der Waals surface area contributed by atoms with Gasteiger partial charge in [-0.1, -0.05) is 29.3 Å². The molecule has 3 aromatic carbocycles. The van der Waals surface area contributed by atoms with Crippen molar-refractivity contribution in [3.8, 4) is 11.5 Å². The Labute approximate surface area is 197 Å². The molecule has 1 aliphatic rings. The summed E-state index contributed by atoms with van der Waals surface area (Å²) in [6.45, 7) is 4.10. The number of nitrogens with zero attached hydrogens (tertiary/aromatic N) is 1. The van der Waals surface area contributed by atoms with Crippen LogP contribution in [0, 0.1) is 6.92 Å². The lowest BCUT2D eigenvalue weighted by atomic mass is 10.2. The smallest absolute Gasteiger partial charge is 0.267 e. The summed E-state index contributed by atoms with van der Waals surface area (Å²) in [5.41, 5.74) is 1.77. The minimum absolute atomic E-state index is 0.117. The number of halogens is 1. The third-order valence-electron chi connectivity index (χ3n) is 5.12. The van der Waals surface area contributed by atoms with Gasteiger partial charge < -0.3 is 14.8 Å². The van der Waals surface area contributed by atoms with Crippen molar-refractivity contribution in [3.63, 3.8) is 0 Å². The molecule has 0 unspecified atom stereocenters. The summed E-state index contributed by atoms with van der Waals surface area (Å²) in [5.74, 6) is 0.475.